The van der Waals surface area contributed by atoms with Crippen molar-refractivity contribution in [3.8, 4) is 5.75 Å². The molecule has 126 valence electrons. The Labute approximate surface area is 158 Å². The zero-order chi connectivity index (χ0) is 15.9. The number of rotatable bonds is 5. The second kappa shape index (κ2) is 9.61. The summed E-state index contributed by atoms with van der Waals surface area (Å²) in [7, 11) is 5.27. The van der Waals surface area contributed by atoms with E-state index in [4.69, 9.17) is 16.3 Å². The van der Waals surface area contributed by atoms with Crippen LogP contribution in [0.25, 0.3) is 0 Å². The lowest BCUT2D eigenvalue weighted by molar-refractivity contribution is 0.409. The number of guanidine groups is 1. The number of methoxy groups -OCH3 is 1. The quantitative estimate of drug-likeness (QED) is 0.418. The molecular formula is C15H21ClIN5O. The van der Waals surface area contributed by atoms with Crippen LogP contribution in [-0.2, 0) is 20.1 Å². The van der Waals surface area contributed by atoms with Crippen molar-refractivity contribution in [3.63, 3.8) is 0 Å². The number of nitrogens with one attached hydrogen (secondary N) is 2. The van der Waals surface area contributed by atoms with E-state index in [1.54, 1.807) is 26.4 Å². The molecule has 0 unspecified atom stereocenters. The summed E-state index contributed by atoms with van der Waals surface area (Å²) in [5.74, 6) is 1.46. The van der Waals surface area contributed by atoms with Crippen LogP contribution in [0.2, 0.25) is 5.02 Å². The zero-order valence-corrected chi connectivity index (χ0v) is 16.4. The minimum atomic E-state index is 0. The predicted octanol–water partition coefficient (Wildman–Crippen LogP) is 2.57. The minimum Gasteiger partial charge on any atom is -0.496 e. The fourth-order valence-electron chi connectivity index (χ4n) is 2.01. The predicted molar refractivity (Wildman–Crippen MR) is 104 cm³/mol. The van der Waals surface area contributed by atoms with Crippen LogP contribution >= 0.6 is 35.6 Å². The lowest BCUT2D eigenvalue weighted by atomic mass is 10.2. The smallest absolute Gasteiger partial charge is 0.191 e. The molecule has 0 bridgehead atoms. The Bertz CT molecular complexity index is 659. The zero-order valence-electron chi connectivity index (χ0n) is 13.3. The normalized spacial score (nSPS) is 10.9. The fourth-order valence-corrected chi connectivity index (χ4v) is 2.18. The van der Waals surface area contributed by atoms with E-state index in [-0.39, 0.29) is 24.0 Å². The van der Waals surface area contributed by atoms with Gasteiger partial charge >= 0.3 is 0 Å². The Hall–Kier alpha value is -1.48. The highest BCUT2D eigenvalue weighted by atomic mass is 127. The number of benzene rings is 1. The Morgan fingerprint density at radius 1 is 1.30 bits per heavy atom. The summed E-state index contributed by atoms with van der Waals surface area (Å²) in [5.41, 5.74) is 2.09. The molecule has 0 amide bonds. The van der Waals surface area contributed by atoms with E-state index >= 15 is 0 Å². The number of hydrogen-bond acceptors (Lipinski definition) is 3. The molecule has 0 aliphatic rings. The molecule has 2 rings (SSSR count). The fraction of sp³-hybridized carbons (Fsp3) is 0.333. The van der Waals surface area contributed by atoms with Gasteiger partial charge in [-0.25, -0.2) is 0 Å². The van der Waals surface area contributed by atoms with Crippen LogP contribution in [0.4, 0.5) is 0 Å². The molecule has 0 radical (unpaired) electrons. The van der Waals surface area contributed by atoms with Crippen LogP contribution in [0.1, 0.15) is 11.3 Å². The maximum absolute atomic E-state index is 5.96. The molecule has 0 atom stereocenters. The number of hydrogen-bond donors (Lipinski definition) is 2. The molecule has 0 spiro atoms. The van der Waals surface area contributed by atoms with Crippen molar-refractivity contribution in [1.29, 1.82) is 0 Å². The molecule has 0 saturated carbocycles. The summed E-state index contributed by atoms with van der Waals surface area (Å²) < 4.78 is 7.15. The first-order chi connectivity index (χ1) is 10.6. The van der Waals surface area contributed by atoms with Gasteiger partial charge in [0, 0.05) is 37.4 Å². The van der Waals surface area contributed by atoms with E-state index in [2.05, 4.69) is 20.7 Å². The maximum atomic E-state index is 5.96. The van der Waals surface area contributed by atoms with Gasteiger partial charge in [-0.1, -0.05) is 17.7 Å². The molecule has 0 aliphatic heterocycles. The second-order valence-corrected chi connectivity index (χ2v) is 5.12. The van der Waals surface area contributed by atoms with Crippen molar-refractivity contribution in [2.24, 2.45) is 12.0 Å². The van der Waals surface area contributed by atoms with Gasteiger partial charge in [0.2, 0.25) is 0 Å². The lowest BCUT2D eigenvalue weighted by Crippen LogP contribution is -2.36. The third-order valence-electron chi connectivity index (χ3n) is 3.28. The van der Waals surface area contributed by atoms with Crippen LogP contribution < -0.4 is 15.4 Å². The van der Waals surface area contributed by atoms with Crippen LogP contribution in [-0.4, -0.2) is 29.9 Å². The van der Waals surface area contributed by atoms with E-state index < -0.39 is 0 Å². The van der Waals surface area contributed by atoms with Gasteiger partial charge in [-0.05, 0) is 18.2 Å². The second-order valence-electron chi connectivity index (χ2n) is 4.68. The number of aliphatic imine (C=N–C) groups is 1. The molecule has 2 N–H and O–H groups in total. The highest BCUT2D eigenvalue weighted by Gasteiger charge is 2.06. The third kappa shape index (κ3) is 5.58. The molecule has 8 heteroatoms. The van der Waals surface area contributed by atoms with E-state index in [0.717, 1.165) is 17.0 Å². The molecule has 0 saturated heterocycles. The van der Waals surface area contributed by atoms with Gasteiger partial charge in [0.15, 0.2) is 5.96 Å². The molecular weight excluding hydrogens is 429 g/mol. The van der Waals surface area contributed by atoms with Crippen molar-refractivity contribution < 1.29 is 4.74 Å². The van der Waals surface area contributed by atoms with Gasteiger partial charge in [-0.3, -0.25) is 9.67 Å². The first-order valence-electron chi connectivity index (χ1n) is 6.88. The Morgan fingerprint density at radius 3 is 2.65 bits per heavy atom. The molecule has 1 aromatic carbocycles. The summed E-state index contributed by atoms with van der Waals surface area (Å²) >= 11 is 5.96. The number of aryl methyl sites for hydroxylation is 1. The van der Waals surface area contributed by atoms with E-state index in [0.29, 0.717) is 24.1 Å². The summed E-state index contributed by atoms with van der Waals surface area (Å²) in [5, 5.41) is 11.3. The molecule has 6 nitrogen and oxygen atoms in total. The number of aromatic nitrogens is 2. The standard InChI is InChI=1S/C15H20ClN5O.HI/c1-17-15(19-10-13-6-7-20-21(13)2)18-9-11-4-5-12(16)8-14(11)22-3;/h4-8H,9-10H2,1-3H3,(H2,17,18,19);1H. The Morgan fingerprint density at radius 2 is 2.04 bits per heavy atom. The van der Waals surface area contributed by atoms with Crippen molar-refractivity contribution in [2.75, 3.05) is 14.2 Å². The van der Waals surface area contributed by atoms with Gasteiger partial charge in [0.25, 0.3) is 0 Å². The highest BCUT2D eigenvalue weighted by Crippen LogP contribution is 2.22. The first-order valence-corrected chi connectivity index (χ1v) is 7.25. The van der Waals surface area contributed by atoms with Gasteiger partial charge < -0.3 is 15.4 Å². The monoisotopic (exact) mass is 449 g/mol. The number of nitrogens with zero attached hydrogens (tertiary/aromatic N) is 3. The highest BCUT2D eigenvalue weighted by molar-refractivity contribution is 14.0. The van der Waals surface area contributed by atoms with Gasteiger partial charge in [-0.2, -0.15) is 5.10 Å². The topological polar surface area (TPSA) is 63.5 Å². The molecule has 1 heterocycles. The molecule has 0 aliphatic carbocycles. The molecule has 2 aromatic rings. The van der Waals surface area contributed by atoms with Crippen molar-refractivity contribution in [1.82, 2.24) is 20.4 Å². The lowest BCUT2D eigenvalue weighted by Gasteiger charge is -2.14. The Balaban J connectivity index is 0.00000264. The summed E-state index contributed by atoms with van der Waals surface area (Å²) in [6.07, 6.45) is 1.77. The first kappa shape index (κ1) is 19.6. The van der Waals surface area contributed by atoms with E-state index in [1.807, 2.05) is 29.9 Å². The third-order valence-corrected chi connectivity index (χ3v) is 3.51. The van der Waals surface area contributed by atoms with Crippen LogP contribution in [0.3, 0.4) is 0 Å². The molecule has 23 heavy (non-hydrogen) atoms. The van der Waals surface area contributed by atoms with Gasteiger partial charge in [0.05, 0.1) is 19.3 Å². The minimum absolute atomic E-state index is 0. The van der Waals surface area contributed by atoms with Crippen molar-refractivity contribution in [2.45, 2.75) is 13.1 Å². The SMILES string of the molecule is CN=C(NCc1ccc(Cl)cc1OC)NCc1ccnn1C.I. The average molecular weight is 450 g/mol. The largest absolute Gasteiger partial charge is 0.496 e. The number of ether oxygens (including phenoxy) is 1. The molecule has 0 fully saturated rings. The van der Waals surface area contributed by atoms with Crippen LogP contribution in [0.15, 0.2) is 35.5 Å². The van der Waals surface area contributed by atoms with Gasteiger partial charge in [-0.15, -0.1) is 24.0 Å². The van der Waals surface area contributed by atoms with Gasteiger partial charge in [0.1, 0.15) is 5.75 Å². The Kier molecular flexibility index (Phi) is 8.18. The summed E-state index contributed by atoms with van der Waals surface area (Å²) in [4.78, 5) is 4.20. The van der Waals surface area contributed by atoms with E-state index in [9.17, 15) is 0 Å². The summed E-state index contributed by atoms with van der Waals surface area (Å²) in [6, 6.07) is 7.53. The van der Waals surface area contributed by atoms with Crippen molar-refractivity contribution in [3.05, 3.63) is 46.7 Å². The van der Waals surface area contributed by atoms with E-state index in [1.165, 1.54) is 0 Å². The average Bonchev–Trinajstić information content (AvgIpc) is 2.93. The number of halogens is 2. The van der Waals surface area contributed by atoms with Crippen LogP contribution in [0, 0.1) is 0 Å². The van der Waals surface area contributed by atoms with Crippen LogP contribution in [0.5, 0.6) is 5.75 Å². The van der Waals surface area contributed by atoms with Crippen molar-refractivity contribution >= 4 is 41.5 Å². The maximum Gasteiger partial charge on any atom is 0.191 e. The molecule has 1 aromatic heterocycles. The summed E-state index contributed by atoms with van der Waals surface area (Å²) in [6.45, 7) is 1.24.